The van der Waals surface area contributed by atoms with E-state index in [9.17, 15) is 8.78 Å². The Kier molecular flexibility index (Phi) is 3.41. The standard InChI is InChI=1S/C17H17F2NO/c1-17(20,12-8-13(18)10-14(19)9-12)15-6-2-4-11-5-3-7-21-16(11)15/h2,4,6,8-10H,3,5,7,20H2,1H3. The molecule has 0 aliphatic carbocycles. The molecule has 0 spiro atoms. The lowest BCUT2D eigenvalue weighted by molar-refractivity contribution is 0.280. The van der Waals surface area contributed by atoms with Gasteiger partial charge in [-0.05, 0) is 43.0 Å². The second kappa shape index (κ2) is 5.11. The Morgan fingerprint density at radius 1 is 1.14 bits per heavy atom. The Labute approximate surface area is 122 Å². The van der Waals surface area contributed by atoms with E-state index in [1.165, 1.54) is 12.1 Å². The van der Waals surface area contributed by atoms with Crippen LogP contribution in [-0.4, -0.2) is 6.61 Å². The molecule has 1 aliphatic heterocycles. The van der Waals surface area contributed by atoms with Gasteiger partial charge in [0.25, 0.3) is 0 Å². The average Bonchev–Trinajstić information content (AvgIpc) is 2.45. The molecular weight excluding hydrogens is 272 g/mol. The summed E-state index contributed by atoms with van der Waals surface area (Å²) in [7, 11) is 0. The van der Waals surface area contributed by atoms with E-state index in [1.807, 2.05) is 18.2 Å². The molecule has 4 heteroatoms. The number of aryl methyl sites for hydroxylation is 1. The van der Waals surface area contributed by atoms with Gasteiger partial charge in [-0.2, -0.15) is 0 Å². The fourth-order valence-electron chi connectivity index (χ4n) is 2.81. The number of nitrogens with two attached hydrogens (primary N) is 1. The van der Waals surface area contributed by atoms with Gasteiger partial charge in [0.2, 0.25) is 0 Å². The SMILES string of the molecule is CC(N)(c1cc(F)cc(F)c1)c1cccc2c1OCCC2. The van der Waals surface area contributed by atoms with Crippen LogP contribution in [0.2, 0.25) is 0 Å². The van der Waals surface area contributed by atoms with Gasteiger partial charge in [0.15, 0.2) is 0 Å². The number of hydrogen-bond acceptors (Lipinski definition) is 2. The molecule has 1 aliphatic rings. The van der Waals surface area contributed by atoms with E-state index >= 15 is 0 Å². The maximum absolute atomic E-state index is 13.5. The van der Waals surface area contributed by atoms with Crippen LogP contribution in [0.15, 0.2) is 36.4 Å². The van der Waals surface area contributed by atoms with Crippen molar-refractivity contribution in [1.82, 2.24) is 0 Å². The van der Waals surface area contributed by atoms with E-state index in [4.69, 9.17) is 10.5 Å². The van der Waals surface area contributed by atoms with Gasteiger partial charge >= 0.3 is 0 Å². The predicted octanol–water partition coefficient (Wildman–Crippen LogP) is 3.51. The van der Waals surface area contributed by atoms with Crippen molar-refractivity contribution in [2.45, 2.75) is 25.3 Å². The smallest absolute Gasteiger partial charge is 0.127 e. The van der Waals surface area contributed by atoms with Crippen molar-refractivity contribution in [3.8, 4) is 5.75 Å². The van der Waals surface area contributed by atoms with Gasteiger partial charge < -0.3 is 10.5 Å². The molecule has 2 aromatic rings. The van der Waals surface area contributed by atoms with Crippen LogP contribution in [0.5, 0.6) is 5.75 Å². The first-order valence-electron chi connectivity index (χ1n) is 6.99. The van der Waals surface area contributed by atoms with Crippen LogP contribution in [0, 0.1) is 11.6 Å². The number of halogens is 2. The second-order valence-corrected chi connectivity index (χ2v) is 5.61. The van der Waals surface area contributed by atoms with Crippen LogP contribution in [0.25, 0.3) is 0 Å². The molecule has 0 bridgehead atoms. The number of hydrogen-bond donors (Lipinski definition) is 1. The summed E-state index contributed by atoms with van der Waals surface area (Å²) < 4.78 is 32.7. The molecule has 2 aromatic carbocycles. The van der Waals surface area contributed by atoms with Gasteiger partial charge in [-0.25, -0.2) is 8.78 Å². The van der Waals surface area contributed by atoms with Crippen molar-refractivity contribution in [1.29, 1.82) is 0 Å². The highest BCUT2D eigenvalue weighted by Crippen LogP contribution is 2.38. The predicted molar refractivity (Wildman–Crippen MR) is 77.3 cm³/mol. The fraction of sp³-hybridized carbons (Fsp3) is 0.294. The normalized spacial score (nSPS) is 16.8. The highest BCUT2D eigenvalue weighted by Gasteiger charge is 2.30. The summed E-state index contributed by atoms with van der Waals surface area (Å²) in [5.74, 6) is -0.516. The highest BCUT2D eigenvalue weighted by atomic mass is 19.1. The summed E-state index contributed by atoms with van der Waals surface area (Å²) in [5, 5.41) is 0. The van der Waals surface area contributed by atoms with Crippen LogP contribution < -0.4 is 10.5 Å². The van der Waals surface area contributed by atoms with Crippen LogP contribution in [0.1, 0.15) is 30.0 Å². The third-order valence-electron chi connectivity index (χ3n) is 3.96. The largest absolute Gasteiger partial charge is 0.493 e. The van der Waals surface area contributed by atoms with Crippen LogP contribution in [0.4, 0.5) is 8.78 Å². The first-order chi connectivity index (χ1) is 9.98. The third-order valence-corrected chi connectivity index (χ3v) is 3.96. The number of rotatable bonds is 2. The minimum atomic E-state index is -1.02. The minimum Gasteiger partial charge on any atom is -0.493 e. The topological polar surface area (TPSA) is 35.2 Å². The van der Waals surface area contributed by atoms with Crippen LogP contribution in [0.3, 0.4) is 0 Å². The lowest BCUT2D eigenvalue weighted by Crippen LogP contribution is -2.35. The van der Waals surface area contributed by atoms with Gasteiger partial charge in [0, 0.05) is 11.6 Å². The lowest BCUT2D eigenvalue weighted by atomic mass is 9.83. The van der Waals surface area contributed by atoms with Gasteiger partial charge in [0.05, 0.1) is 12.1 Å². The van der Waals surface area contributed by atoms with Crippen molar-refractivity contribution >= 4 is 0 Å². The summed E-state index contributed by atoms with van der Waals surface area (Å²) in [6.07, 6.45) is 1.89. The Morgan fingerprint density at radius 3 is 2.57 bits per heavy atom. The average molecular weight is 289 g/mol. The Morgan fingerprint density at radius 2 is 1.86 bits per heavy atom. The zero-order chi connectivity index (χ0) is 15.0. The fourth-order valence-corrected chi connectivity index (χ4v) is 2.81. The molecule has 2 N–H and O–H groups in total. The van der Waals surface area contributed by atoms with Gasteiger partial charge in [-0.15, -0.1) is 0 Å². The molecule has 1 unspecified atom stereocenters. The van der Waals surface area contributed by atoms with E-state index < -0.39 is 17.2 Å². The summed E-state index contributed by atoms with van der Waals surface area (Å²) in [4.78, 5) is 0. The van der Waals surface area contributed by atoms with Crippen LogP contribution >= 0.6 is 0 Å². The maximum atomic E-state index is 13.5. The first kappa shape index (κ1) is 14.0. The zero-order valence-electron chi connectivity index (χ0n) is 11.8. The van der Waals surface area contributed by atoms with Crippen molar-refractivity contribution in [3.05, 3.63) is 64.7 Å². The second-order valence-electron chi connectivity index (χ2n) is 5.61. The van der Waals surface area contributed by atoms with Gasteiger partial charge in [-0.1, -0.05) is 18.2 Å². The van der Waals surface area contributed by atoms with Crippen LogP contribution in [-0.2, 0) is 12.0 Å². The Balaban J connectivity index is 2.13. The van der Waals surface area contributed by atoms with E-state index in [0.717, 1.165) is 35.8 Å². The summed E-state index contributed by atoms with van der Waals surface area (Å²) in [6, 6.07) is 9.14. The van der Waals surface area contributed by atoms with E-state index in [-0.39, 0.29) is 0 Å². The van der Waals surface area contributed by atoms with E-state index in [1.54, 1.807) is 6.92 Å². The number of benzene rings is 2. The molecule has 0 amide bonds. The van der Waals surface area contributed by atoms with E-state index in [0.29, 0.717) is 12.2 Å². The molecule has 3 rings (SSSR count). The third kappa shape index (κ3) is 2.51. The molecule has 0 saturated carbocycles. The number of fused-ring (bicyclic) bond motifs is 1. The highest BCUT2D eigenvalue weighted by molar-refractivity contribution is 5.50. The summed E-state index contributed by atoms with van der Waals surface area (Å²) in [5.41, 5.74) is 7.62. The Bertz CT molecular complexity index is 662. The molecule has 1 heterocycles. The molecule has 0 aromatic heterocycles. The minimum absolute atomic E-state index is 0.391. The zero-order valence-corrected chi connectivity index (χ0v) is 11.8. The van der Waals surface area contributed by atoms with Gasteiger partial charge in [-0.3, -0.25) is 0 Å². The summed E-state index contributed by atoms with van der Waals surface area (Å²) in [6.45, 7) is 2.38. The van der Waals surface area contributed by atoms with Crippen molar-refractivity contribution in [2.75, 3.05) is 6.61 Å². The molecule has 0 saturated heterocycles. The van der Waals surface area contributed by atoms with E-state index in [2.05, 4.69) is 0 Å². The molecule has 0 radical (unpaired) electrons. The molecule has 0 fully saturated rings. The van der Waals surface area contributed by atoms with Gasteiger partial charge in [0.1, 0.15) is 17.4 Å². The summed E-state index contributed by atoms with van der Waals surface area (Å²) >= 11 is 0. The molecular formula is C17H17F2NO. The quantitative estimate of drug-likeness (QED) is 0.918. The molecule has 110 valence electrons. The van der Waals surface area contributed by atoms with Crippen molar-refractivity contribution in [3.63, 3.8) is 0 Å². The number of para-hydroxylation sites is 1. The molecule has 21 heavy (non-hydrogen) atoms. The Hall–Kier alpha value is -1.94. The molecule has 1 atom stereocenters. The van der Waals surface area contributed by atoms with Crippen molar-refractivity contribution < 1.29 is 13.5 Å². The monoisotopic (exact) mass is 289 g/mol. The van der Waals surface area contributed by atoms with Crippen molar-refractivity contribution in [2.24, 2.45) is 5.73 Å². The number of ether oxygens (including phenoxy) is 1. The maximum Gasteiger partial charge on any atom is 0.127 e. The molecule has 2 nitrogen and oxygen atoms in total. The lowest BCUT2D eigenvalue weighted by Gasteiger charge is -2.31. The first-order valence-corrected chi connectivity index (χ1v) is 6.99.